The van der Waals surface area contributed by atoms with Crippen LogP contribution in [0.25, 0.3) is 34.4 Å². The minimum absolute atomic E-state index is 0.433. The minimum atomic E-state index is -4.40. The average Bonchev–Trinajstić information content (AvgIpc) is 3.55. The second kappa shape index (κ2) is 8.80. The van der Waals surface area contributed by atoms with Crippen molar-refractivity contribution in [1.82, 2.24) is 0 Å². The Kier molecular flexibility index (Phi) is 5.94. The molecule has 0 heterocycles. The average molecular weight is 676 g/mol. The van der Waals surface area contributed by atoms with Gasteiger partial charge in [0.1, 0.15) is 0 Å². The van der Waals surface area contributed by atoms with Gasteiger partial charge >= 0.3 is 234 Å². The number of hydrogen-bond acceptors (Lipinski definition) is 0. The van der Waals surface area contributed by atoms with Gasteiger partial charge < -0.3 is 0 Å². The summed E-state index contributed by atoms with van der Waals surface area (Å²) in [5.74, 6) is 0. The van der Waals surface area contributed by atoms with E-state index >= 15 is 0 Å². The molecule has 197 valence electrons. The van der Waals surface area contributed by atoms with Crippen molar-refractivity contribution in [2.45, 2.75) is 48.6 Å². The Morgan fingerprint density at radius 2 is 1.05 bits per heavy atom. The van der Waals surface area contributed by atoms with Crippen LogP contribution in [0.2, 0.25) is 14.0 Å². The van der Waals surface area contributed by atoms with Crippen molar-refractivity contribution in [2.75, 3.05) is 0 Å². The second-order valence-electron chi connectivity index (χ2n) is 14.2. The first kappa shape index (κ1) is 26.3. The van der Waals surface area contributed by atoms with Crippen LogP contribution in [0.3, 0.4) is 0 Å². The Labute approximate surface area is 232 Å². The fourth-order valence-corrected chi connectivity index (χ4v) is 35.0. The van der Waals surface area contributed by atoms with E-state index in [0.29, 0.717) is 7.35 Å². The zero-order chi connectivity index (χ0) is 27.5. The van der Waals surface area contributed by atoms with Gasteiger partial charge in [-0.2, -0.15) is 0 Å². The van der Waals surface area contributed by atoms with Crippen molar-refractivity contribution < 1.29 is 16.5 Å². The molecule has 0 N–H and O–H groups in total. The van der Waals surface area contributed by atoms with Gasteiger partial charge in [-0.15, -0.1) is 0 Å². The predicted octanol–water partition coefficient (Wildman–Crippen LogP) is 11.1. The van der Waals surface area contributed by atoms with Gasteiger partial charge in [0.15, 0.2) is 0 Å². The summed E-state index contributed by atoms with van der Waals surface area (Å²) in [6.07, 6.45) is 11.1. The van der Waals surface area contributed by atoms with Crippen LogP contribution in [0, 0.1) is 13.8 Å². The summed E-state index contributed by atoms with van der Waals surface area (Å²) in [6, 6.07) is 31.9. The third kappa shape index (κ3) is 4.08. The molecule has 0 spiro atoms. The van der Waals surface area contributed by atoms with Crippen molar-refractivity contribution in [3.05, 3.63) is 130 Å². The zero-order valence-corrected chi connectivity index (χ0v) is 27.9. The van der Waals surface area contributed by atoms with E-state index < -0.39 is 16.5 Å². The van der Waals surface area contributed by atoms with E-state index in [4.69, 9.17) is 0 Å². The molecule has 39 heavy (non-hydrogen) atoms. The standard InChI is InChI=1S/2C16H13.C3H6.3CH3.Hf/c2*1-12-5-2-8-14(11-12)16-10-4-7-13-6-3-9-15(13)16;1-3-2;;;;/h2*2-11H,1H3;1H,3H2,2H3;3*1H3;. The number of allylic oxidation sites excluding steroid dienone is 2. The molecule has 1 heteroatoms. The number of aryl methyl sites for hydroxylation is 2. The first-order valence-electron chi connectivity index (χ1n) is 14.6. The number of hydrogen-bond donors (Lipinski definition) is 0. The molecule has 0 nitrogen and oxygen atoms in total. The molecule has 0 aliphatic heterocycles. The van der Waals surface area contributed by atoms with Gasteiger partial charge in [-0.1, -0.05) is 0 Å². The molecule has 2 atom stereocenters. The number of rotatable bonds is 5. The van der Waals surface area contributed by atoms with Gasteiger partial charge in [-0.25, -0.2) is 0 Å². The molecule has 2 aliphatic rings. The predicted molar refractivity (Wildman–Crippen MR) is 171 cm³/mol. The SMILES string of the molecule is CC[CH]=[Hf]([CH3])([CH3])([CH3])([CH]1C=Cc2c(-c3cccc(C)c3)cccc21)[CH]1C=Cc2c(-c3cccc(C)c3)cccc21. The number of benzene rings is 4. The molecule has 4 aromatic rings. The molecule has 0 bridgehead atoms. The van der Waals surface area contributed by atoms with Crippen LogP contribution in [0.5, 0.6) is 0 Å². The van der Waals surface area contributed by atoms with Crippen molar-refractivity contribution in [3.63, 3.8) is 0 Å². The molecule has 2 aliphatic carbocycles. The quantitative estimate of drug-likeness (QED) is 0.185. The van der Waals surface area contributed by atoms with Crippen LogP contribution in [0.15, 0.2) is 97.1 Å². The molecule has 4 aromatic carbocycles. The maximum absolute atomic E-state index is 4.40. The fraction of sp³-hybridized carbons (Fsp3) is 0.237. The van der Waals surface area contributed by atoms with Crippen molar-refractivity contribution in [1.29, 1.82) is 0 Å². The molecule has 0 aromatic heterocycles. The monoisotopic (exact) mass is 677 g/mol. The Bertz CT molecular complexity index is 1650. The molecule has 0 radical (unpaired) electrons. The Hall–Kier alpha value is -2.90. The van der Waals surface area contributed by atoms with Crippen LogP contribution in [0.1, 0.15) is 54.1 Å². The zero-order valence-electron chi connectivity index (χ0n) is 24.3. The summed E-state index contributed by atoms with van der Waals surface area (Å²) >= 11 is -4.40. The van der Waals surface area contributed by atoms with E-state index in [9.17, 15) is 0 Å². The maximum atomic E-state index is 2.82. The van der Waals surface area contributed by atoms with Gasteiger partial charge in [-0.05, 0) is 0 Å². The normalized spacial score (nSPS) is 19.3. The summed E-state index contributed by atoms with van der Waals surface area (Å²) in [4.78, 5) is 0. The summed E-state index contributed by atoms with van der Waals surface area (Å²) in [7, 11) is 0. The fourth-order valence-electron chi connectivity index (χ4n) is 8.19. The summed E-state index contributed by atoms with van der Waals surface area (Å²) < 4.78 is 11.9. The van der Waals surface area contributed by atoms with Crippen LogP contribution < -0.4 is 0 Å². The first-order valence-corrected chi connectivity index (χ1v) is 31.6. The molecule has 0 fully saturated rings. The Balaban J connectivity index is 1.54. The first-order chi connectivity index (χ1) is 18.5. The summed E-state index contributed by atoms with van der Waals surface area (Å²) in [5.41, 5.74) is 13.8. The van der Waals surface area contributed by atoms with Gasteiger partial charge in [-0.3, -0.25) is 0 Å². The molecule has 6 rings (SSSR count). The van der Waals surface area contributed by atoms with Gasteiger partial charge in [0, 0.05) is 0 Å². The van der Waals surface area contributed by atoms with Crippen LogP contribution >= 0.6 is 0 Å². The molecule has 2 unspecified atom stereocenters. The molecular formula is C38H41Hf. The summed E-state index contributed by atoms with van der Waals surface area (Å²) in [6.45, 7) is 6.72. The third-order valence-corrected chi connectivity index (χ3v) is 39.9. The van der Waals surface area contributed by atoms with E-state index in [2.05, 4.69) is 148 Å². The van der Waals surface area contributed by atoms with E-state index in [-0.39, 0.29) is 0 Å². The van der Waals surface area contributed by atoms with E-state index in [1.165, 1.54) is 55.6 Å². The van der Waals surface area contributed by atoms with E-state index in [0.717, 1.165) is 6.42 Å². The third-order valence-electron chi connectivity index (χ3n) is 10.2. The van der Waals surface area contributed by atoms with Gasteiger partial charge in [0.2, 0.25) is 0 Å². The topological polar surface area (TPSA) is 0 Å². The van der Waals surface area contributed by atoms with Gasteiger partial charge in [0.05, 0.1) is 0 Å². The van der Waals surface area contributed by atoms with Crippen molar-refractivity contribution in [3.8, 4) is 22.3 Å². The van der Waals surface area contributed by atoms with Gasteiger partial charge in [0.25, 0.3) is 0 Å². The Morgan fingerprint density at radius 1 is 0.615 bits per heavy atom. The molecular weight excluding hydrogens is 635 g/mol. The molecule has 0 saturated carbocycles. The van der Waals surface area contributed by atoms with Crippen LogP contribution in [0.4, 0.5) is 0 Å². The van der Waals surface area contributed by atoms with Crippen LogP contribution in [-0.4, -0.2) is 3.76 Å². The van der Waals surface area contributed by atoms with E-state index in [1.807, 2.05) is 0 Å². The summed E-state index contributed by atoms with van der Waals surface area (Å²) in [5, 5.41) is 0. The second-order valence-corrected chi connectivity index (χ2v) is 53.2. The molecule has 0 saturated heterocycles. The van der Waals surface area contributed by atoms with Crippen molar-refractivity contribution in [2.24, 2.45) is 0 Å². The number of fused-ring (bicyclic) bond motifs is 2. The van der Waals surface area contributed by atoms with E-state index in [1.54, 1.807) is 0 Å². The van der Waals surface area contributed by atoms with Crippen molar-refractivity contribution >= 4 is 15.9 Å². The van der Waals surface area contributed by atoms with Crippen LogP contribution in [-0.2, 0) is 16.5 Å². The molecule has 0 amide bonds. The Morgan fingerprint density at radius 3 is 1.46 bits per heavy atom.